The Kier molecular flexibility index (Phi) is 6.76. The molecule has 0 radical (unpaired) electrons. The minimum absolute atomic E-state index is 0.153. The Balaban J connectivity index is 2.00. The van der Waals surface area contributed by atoms with E-state index in [-0.39, 0.29) is 18.0 Å². The number of nitrogens with zero attached hydrogens (tertiary/aromatic N) is 1. The molecular weight excluding hydrogens is 303 g/mol. The predicted molar refractivity (Wildman–Crippen MR) is 96.7 cm³/mol. The van der Waals surface area contributed by atoms with Gasteiger partial charge in [0, 0.05) is 24.7 Å². The summed E-state index contributed by atoms with van der Waals surface area (Å²) in [5.74, 6) is 0.715. The third kappa shape index (κ3) is 5.32. The summed E-state index contributed by atoms with van der Waals surface area (Å²) in [5, 5.41) is 3.49. The van der Waals surface area contributed by atoms with Crippen LogP contribution in [-0.2, 0) is 6.54 Å². The second kappa shape index (κ2) is 8.81. The van der Waals surface area contributed by atoms with Gasteiger partial charge in [0.15, 0.2) is 0 Å². The molecule has 0 bridgehead atoms. The first-order valence-electron chi connectivity index (χ1n) is 8.34. The summed E-state index contributed by atoms with van der Waals surface area (Å²) >= 11 is 0. The first-order valence-corrected chi connectivity index (χ1v) is 8.34. The maximum atomic E-state index is 13.1. The van der Waals surface area contributed by atoms with Gasteiger partial charge in [-0.15, -0.1) is 0 Å². The second-order valence-electron chi connectivity index (χ2n) is 6.44. The van der Waals surface area contributed by atoms with E-state index in [9.17, 15) is 4.39 Å². The van der Waals surface area contributed by atoms with E-state index in [1.54, 1.807) is 0 Å². The zero-order valence-electron chi connectivity index (χ0n) is 14.9. The molecule has 0 aromatic heterocycles. The third-order valence-electron chi connectivity index (χ3n) is 3.87. The van der Waals surface area contributed by atoms with Crippen LogP contribution in [0.25, 0.3) is 0 Å². The molecule has 130 valence electrons. The second-order valence-corrected chi connectivity index (χ2v) is 6.44. The maximum absolute atomic E-state index is 13.1. The highest BCUT2D eigenvalue weighted by atomic mass is 19.1. The zero-order valence-corrected chi connectivity index (χ0v) is 14.9. The Labute approximate surface area is 144 Å². The smallest absolute Gasteiger partial charge is 0.124 e. The van der Waals surface area contributed by atoms with Crippen molar-refractivity contribution in [3.05, 3.63) is 65.5 Å². The summed E-state index contributed by atoms with van der Waals surface area (Å²) in [4.78, 5) is 2.14. The number of halogens is 1. The van der Waals surface area contributed by atoms with Gasteiger partial charge in [-0.25, -0.2) is 4.39 Å². The monoisotopic (exact) mass is 330 g/mol. The topological polar surface area (TPSA) is 24.5 Å². The summed E-state index contributed by atoms with van der Waals surface area (Å²) in [6, 6.07) is 15.0. The summed E-state index contributed by atoms with van der Waals surface area (Å²) in [6.45, 7) is 5.56. The van der Waals surface area contributed by atoms with Gasteiger partial charge in [0.1, 0.15) is 11.6 Å². The molecule has 0 amide bonds. The summed E-state index contributed by atoms with van der Waals surface area (Å²) in [6.07, 6.45) is 0.153. The van der Waals surface area contributed by atoms with Crippen molar-refractivity contribution < 1.29 is 9.13 Å². The first kappa shape index (κ1) is 18.4. The lowest BCUT2D eigenvalue weighted by Crippen LogP contribution is -2.31. The highest BCUT2D eigenvalue weighted by Crippen LogP contribution is 2.21. The van der Waals surface area contributed by atoms with Crippen LogP contribution in [0.1, 0.15) is 31.0 Å². The predicted octanol–water partition coefficient (Wildman–Crippen LogP) is 4.01. The van der Waals surface area contributed by atoms with Crippen molar-refractivity contribution in [2.24, 2.45) is 0 Å². The fraction of sp³-hybridized carbons (Fsp3) is 0.400. The van der Waals surface area contributed by atoms with Crippen LogP contribution < -0.4 is 10.1 Å². The Morgan fingerprint density at radius 3 is 2.33 bits per heavy atom. The number of hydrogen-bond donors (Lipinski definition) is 1. The van der Waals surface area contributed by atoms with Gasteiger partial charge in [-0.05, 0) is 51.7 Å². The van der Waals surface area contributed by atoms with E-state index in [1.807, 2.05) is 58.3 Å². The minimum Gasteiger partial charge on any atom is -0.491 e. The van der Waals surface area contributed by atoms with Crippen LogP contribution in [0.4, 0.5) is 4.39 Å². The van der Waals surface area contributed by atoms with Gasteiger partial charge in [0.25, 0.3) is 0 Å². The molecule has 4 heteroatoms. The average molecular weight is 330 g/mol. The molecule has 1 N–H and O–H groups in total. The van der Waals surface area contributed by atoms with Gasteiger partial charge in [0.2, 0.25) is 0 Å². The van der Waals surface area contributed by atoms with Crippen molar-refractivity contribution in [2.45, 2.75) is 32.5 Å². The Hall–Kier alpha value is -1.91. The van der Waals surface area contributed by atoms with E-state index in [2.05, 4.69) is 16.3 Å². The molecule has 2 rings (SSSR count). The number of ether oxygens (including phenoxy) is 1. The van der Waals surface area contributed by atoms with E-state index in [0.29, 0.717) is 0 Å². The third-order valence-corrected chi connectivity index (χ3v) is 3.87. The standard InChI is InChI=1S/C20H27FN2O/c1-15(2)24-20-8-6-5-7-17(20)13-22-14-19(23(3)4)16-9-11-18(21)12-10-16/h5-12,15,19,22H,13-14H2,1-4H3. The van der Waals surface area contributed by atoms with Gasteiger partial charge >= 0.3 is 0 Å². The van der Waals surface area contributed by atoms with E-state index < -0.39 is 0 Å². The van der Waals surface area contributed by atoms with Gasteiger partial charge in [-0.3, -0.25) is 0 Å². The van der Waals surface area contributed by atoms with Gasteiger partial charge in [-0.2, -0.15) is 0 Å². The molecule has 0 fully saturated rings. The molecule has 1 atom stereocenters. The molecule has 0 aliphatic heterocycles. The molecule has 0 aliphatic rings. The van der Waals surface area contributed by atoms with Crippen LogP contribution in [0.2, 0.25) is 0 Å². The molecule has 2 aromatic carbocycles. The largest absolute Gasteiger partial charge is 0.491 e. The van der Waals surface area contributed by atoms with Crippen molar-refractivity contribution in [3.63, 3.8) is 0 Å². The Morgan fingerprint density at radius 2 is 1.71 bits per heavy atom. The van der Waals surface area contributed by atoms with Crippen molar-refractivity contribution in [2.75, 3.05) is 20.6 Å². The number of rotatable bonds is 8. The molecule has 24 heavy (non-hydrogen) atoms. The summed E-state index contributed by atoms with van der Waals surface area (Å²) in [7, 11) is 4.07. The fourth-order valence-electron chi connectivity index (χ4n) is 2.65. The van der Waals surface area contributed by atoms with Gasteiger partial charge < -0.3 is 15.0 Å². The van der Waals surface area contributed by atoms with Gasteiger partial charge in [-0.1, -0.05) is 30.3 Å². The molecule has 0 heterocycles. The Bertz CT molecular complexity index is 626. The van der Waals surface area contributed by atoms with Crippen LogP contribution in [-0.4, -0.2) is 31.6 Å². The first-order chi connectivity index (χ1) is 11.5. The number of para-hydroxylation sites is 1. The zero-order chi connectivity index (χ0) is 17.5. The van der Waals surface area contributed by atoms with Crippen LogP contribution >= 0.6 is 0 Å². The average Bonchev–Trinajstić information content (AvgIpc) is 2.53. The maximum Gasteiger partial charge on any atom is 0.124 e. The number of hydrogen-bond acceptors (Lipinski definition) is 3. The molecule has 3 nitrogen and oxygen atoms in total. The lowest BCUT2D eigenvalue weighted by atomic mass is 10.1. The van der Waals surface area contributed by atoms with Crippen LogP contribution in [0.5, 0.6) is 5.75 Å². The SMILES string of the molecule is CC(C)Oc1ccccc1CNCC(c1ccc(F)cc1)N(C)C. The normalized spacial score (nSPS) is 12.6. The molecule has 0 spiro atoms. The quantitative estimate of drug-likeness (QED) is 0.791. The highest BCUT2D eigenvalue weighted by Gasteiger charge is 2.14. The minimum atomic E-state index is -0.205. The summed E-state index contributed by atoms with van der Waals surface area (Å²) < 4.78 is 19.0. The molecular formula is C20H27FN2O. The van der Waals surface area contributed by atoms with Crippen LogP contribution in [0, 0.1) is 5.82 Å². The molecule has 1 unspecified atom stereocenters. The van der Waals surface area contributed by atoms with Crippen molar-refractivity contribution in [3.8, 4) is 5.75 Å². The van der Waals surface area contributed by atoms with E-state index in [1.165, 1.54) is 12.1 Å². The van der Waals surface area contributed by atoms with Crippen molar-refractivity contribution >= 4 is 0 Å². The molecule has 0 aliphatic carbocycles. The molecule has 2 aromatic rings. The van der Waals surface area contributed by atoms with E-state index >= 15 is 0 Å². The van der Waals surface area contributed by atoms with E-state index in [4.69, 9.17) is 4.74 Å². The number of benzene rings is 2. The Morgan fingerprint density at radius 1 is 1.04 bits per heavy atom. The van der Waals surface area contributed by atoms with Crippen LogP contribution in [0.15, 0.2) is 48.5 Å². The fourth-order valence-corrected chi connectivity index (χ4v) is 2.65. The van der Waals surface area contributed by atoms with Crippen molar-refractivity contribution in [1.82, 2.24) is 10.2 Å². The van der Waals surface area contributed by atoms with Crippen molar-refractivity contribution in [1.29, 1.82) is 0 Å². The van der Waals surface area contributed by atoms with E-state index in [0.717, 1.165) is 30.0 Å². The molecule has 0 saturated carbocycles. The highest BCUT2D eigenvalue weighted by molar-refractivity contribution is 5.33. The van der Waals surface area contributed by atoms with Gasteiger partial charge in [0.05, 0.1) is 6.10 Å². The number of likely N-dealkylation sites (N-methyl/N-ethyl adjacent to an activating group) is 1. The summed E-state index contributed by atoms with van der Waals surface area (Å²) in [5.41, 5.74) is 2.24. The lowest BCUT2D eigenvalue weighted by Gasteiger charge is -2.25. The van der Waals surface area contributed by atoms with Crippen LogP contribution in [0.3, 0.4) is 0 Å². The molecule has 0 saturated heterocycles. The lowest BCUT2D eigenvalue weighted by molar-refractivity contribution is 0.238. The number of nitrogens with one attached hydrogen (secondary N) is 1.